The van der Waals surface area contributed by atoms with Crippen LogP contribution in [0.4, 0.5) is 18.0 Å². The summed E-state index contributed by atoms with van der Waals surface area (Å²) in [4.78, 5) is 12.5. The van der Waals surface area contributed by atoms with Crippen molar-refractivity contribution in [2.24, 2.45) is 5.10 Å². The quantitative estimate of drug-likeness (QED) is 0.482. The first kappa shape index (κ1) is 24.7. The molecule has 35 heavy (non-hydrogen) atoms. The molecule has 1 N–H and O–H groups in total. The molecule has 0 bridgehead atoms. The Morgan fingerprint density at radius 1 is 0.971 bits per heavy atom. The molecule has 1 aliphatic heterocycles. The van der Waals surface area contributed by atoms with Gasteiger partial charge >= 0.3 is 12.2 Å². The fourth-order valence-electron chi connectivity index (χ4n) is 3.87. The molecule has 0 saturated heterocycles. The zero-order valence-corrected chi connectivity index (χ0v) is 19.8. The highest BCUT2D eigenvalue weighted by atomic mass is 35.5. The lowest BCUT2D eigenvalue weighted by atomic mass is 9.86. The van der Waals surface area contributed by atoms with Crippen LogP contribution < -0.4 is 4.72 Å². The number of benzene rings is 3. The van der Waals surface area contributed by atoms with Crippen LogP contribution in [-0.2, 0) is 16.2 Å². The van der Waals surface area contributed by atoms with Crippen LogP contribution in [0.5, 0.6) is 0 Å². The maximum Gasteiger partial charge on any atom is 0.416 e. The normalized spacial score (nSPS) is 18.3. The van der Waals surface area contributed by atoms with Gasteiger partial charge in [0.05, 0.1) is 28.1 Å². The Kier molecular flexibility index (Phi) is 6.61. The summed E-state index contributed by atoms with van der Waals surface area (Å²) in [7, 11) is -4.45. The van der Waals surface area contributed by atoms with E-state index in [4.69, 9.17) is 11.6 Å². The highest BCUT2D eigenvalue weighted by Crippen LogP contribution is 2.35. The molecule has 2 amide bonds. The molecule has 0 radical (unpaired) electrons. The summed E-state index contributed by atoms with van der Waals surface area (Å²) in [6, 6.07) is 17.5. The van der Waals surface area contributed by atoms with Crippen LogP contribution in [0, 0.1) is 0 Å². The Bertz CT molecular complexity index is 1360. The molecule has 0 spiro atoms. The van der Waals surface area contributed by atoms with E-state index in [-0.39, 0.29) is 5.92 Å². The molecule has 0 fully saturated rings. The van der Waals surface area contributed by atoms with E-state index < -0.39 is 38.7 Å². The van der Waals surface area contributed by atoms with Gasteiger partial charge in [-0.25, -0.2) is 22.9 Å². The van der Waals surface area contributed by atoms with E-state index in [1.165, 1.54) is 0 Å². The standard InChI is InChI=1S/C24H19ClF3N3O3S/c1-15-21(16-5-3-2-4-6-16)22(17-7-11-19(25)12-8-17)29-31(15)23(32)30-35(33,34)20-13-9-18(10-14-20)24(26,27)28/h2-15,21H,1H3,(H,30,32)/t15-,21+/m1/s1. The molecule has 3 aromatic rings. The lowest BCUT2D eigenvalue weighted by molar-refractivity contribution is -0.137. The van der Waals surface area contributed by atoms with Crippen molar-refractivity contribution in [1.82, 2.24) is 9.73 Å². The number of urea groups is 1. The van der Waals surface area contributed by atoms with Gasteiger partial charge in [0.2, 0.25) is 0 Å². The molecule has 0 aliphatic carbocycles. The van der Waals surface area contributed by atoms with Crippen LogP contribution in [0.25, 0.3) is 0 Å². The number of hydrogen-bond donors (Lipinski definition) is 1. The van der Waals surface area contributed by atoms with E-state index in [1.54, 1.807) is 31.2 Å². The van der Waals surface area contributed by atoms with Crippen LogP contribution >= 0.6 is 11.6 Å². The minimum absolute atomic E-state index is 0.364. The van der Waals surface area contributed by atoms with Gasteiger partial charge in [0.25, 0.3) is 10.0 Å². The molecule has 1 aliphatic rings. The third-order valence-electron chi connectivity index (χ3n) is 5.60. The second-order valence-electron chi connectivity index (χ2n) is 7.90. The zero-order chi connectivity index (χ0) is 25.4. The molecular weight excluding hydrogens is 503 g/mol. The van der Waals surface area contributed by atoms with Crippen LogP contribution in [0.1, 0.15) is 29.5 Å². The van der Waals surface area contributed by atoms with Crippen molar-refractivity contribution < 1.29 is 26.4 Å². The predicted octanol–water partition coefficient (Wildman–Crippen LogP) is 5.65. The van der Waals surface area contributed by atoms with Crippen LogP contribution in [0.3, 0.4) is 0 Å². The van der Waals surface area contributed by atoms with Gasteiger partial charge in [-0.1, -0.05) is 54.1 Å². The van der Waals surface area contributed by atoms with Gasteiger partial charge in [0.1, 0.15) is 0 Å². The monoisotopic (exact) mass is 521 g/mol. The molecule has 4 rings (SSSR count). The average molecular weight is 522 g/mol. The Morgan fingerprint density at radius 3 is 2.14 bits per heavy atom. The van der Waals surface area contributed by atoms with E-state index in [0.717, 1.165) is 22.7 Å². The minimum Gasteiger partial charge on any atom is -0.246 e. The van der Waals surface area contributed by atoms with E-state index in [1.807, 2.05) is 35.1 Å². The van der Waals surface area contributed by atoms with Crippen LogP contribution in [0.2, 0.25) is 5.02 Å². The lowest BCUT2D eigenvalue weighted by Gasteiger charge is -2.23. The Labute approximate surface area is 205 Å². The van der Waals surface area contributed by atoms with Crippen molar-refractivity contribution in [3.8, 4) is 0 Å². The molecule has 0 saturated carbocycles. The van der Waals surface area contributed by atoms with Crippen molar-refractivity contribution in [3.05, 3.63) is 101 Å². The summed E-state index contributed by atoms with van der Waals surface area (Å²) >= 11 is 6.00. The summed E-state index contributed by atoms with van der Waals surface area (Å²) < 4.78 is 65.7. The number of carbonyl (C=O) groups excluding carboxylic acids is 1. The number of halogens is 4. The highest BCUT2D eigenvalue weighted by Gasteiger charge is 2.40. The summed E-state index contributed by atoms with van der Waals surface area (Å²) in [6.45, 7) is 1.73. The number of hydrazone groups is 1. The van der Waals surface area contributed by atoms with Crippen LogP contribution in [0.15, 0.2) is 88.9 Å². The number of amides is 2. The molecule has 0 aromatic heterocycles. The number of carbonyl (C=O) groups is 1. The van der Waals surface area contributed by atoms with Gasteiger partial charge in [-0.05, 0) is 54.4 Å². The van der Waals surface area contributed by atoms with Crippen molar-refractivity contribution in [2.45, 2.75) is 30.0 Å². The number of sulfonamides is 1. The first-order valence-electron chi connectivity index (χ1n) is 10.4. The predicted molar refractivity (Wildman–Crippen MR) is 126 cm³/mol. The molecule has 0 unspecified atom stereocenters. The summed E-state index contributed by atoms with van der Waals surface area (Å²) in [5.41, 5.74) is 1.12. The van der Waals surface area contributed by atoms with Crippen molar-refractivity contribution in [2.75, 3.05) is 0 Å². The van der Waals surface area contributed by atoms with Gasteiger partial charge in [-0.2, -0.15) is 18.3 Å². The smallest absolute Gasteiger partial charge is 0.246 e. The van der Waals surface area contributed by atoms with Gasteiger partial charge in [-0.3, -0.25) is 0 Å². The van der Waals surface area contributed by atoms with Gasteiger partial charge < -0.3 is 0 Å². The molecule has 3 aromatic carbocycles. The van der Waals surface area contributed by atoms with Crippen molar-refractivity contribution >= 4 is 33.4 Å². The zero-order valence-electron chi connectivity index (χ0n) is 18.2. The molecule has 2 atom stereocenters. The number of nitrogens with one attached hydrogen (secondary N) is 1. The number of hydrogen-bond acceptors (Lipinski definition) is 4. The van der Waals surface area contributed by atoms with Gasteiger partial charge in [0, 0.05) is 5.02 Å². The van der Waals surface area contributed by atoms with Gasteiger partial charge in [-0.15, -0.1) is 0 Å². The molecule has 182 valence electrons. The number of alkyl halides is 3. The van der Waals surface area contributed by atoms with Gasteiger partial charge in [0.15, 0.2) is 0 Å². The van der Waals surface area contributed by atoms with Crippen LogP contribution in [-0.4, -0.2) is 31.2 Å². The third kappa shape index (κ3) is 5.18. The maximum atomic E-state index is 13.0. The lowest BCUT2D eigenvalue weighted by Crippen LogP contribution is -2.43. The number of rotatable bonds is 4. The van der Waals surface area contributed by atoms with Crippen molar-refractivity contribution in [3.63, 3.8) is 0 Å². The van der Waals surface area contributed by atoms with E-state index >= 15 is 0 Å². The first-order chi connectivity index (χ1) is 16.5. The SMILES string of the molecule is C[C@@H]1[C@@H](c2ccccc2)C(c2ccc(Cl)cc2)=NN1C(=O)NS(=O)(=O)c1ccc(C(F)(F)F)cc1. The van der Waals surface area contributed by atoms with E-state index in [0.29, 0.717) is 28.4 Å². The topological polar surface area (TPSA) is 78.8 Å². The highest BCUT2D eigenvalue weighted by molar-refractivity contribution is 7.90. The van der Waals surface area contributed by atoms with Crippen molar-refractivity contribution in [1.29, 1.82) is 0 Å². The Hall–Kier alpha value is -3.37. The fraction of sp³-hybridized carbons (Fsp3) is 0.167. The molecule has 1 heterocycles. The third-order valence-corrected chi connectivity index (χ3v) is 7.19. The van der Waals surface area contributed by atoms with E-state index in [9.17, 15) is 26.4 Å². The second-order valence-corrected chi connectivity index (χ2v) is 10.0. The average Bonchev–Trinajstić information content (AvgIpc) is 3.16. The summed E-state index contributed by atoms with van der Waals surface area (Å²) in [5, 5.41) is 5.99. The molecule has 6 nitrogen and oxygen atoms in total. The summed E-state index contributed by atoms with van der Waals surface area (Å²) in [6.07, 6.45) is -4.62. The minimum atomic E-state index is -4.62. The maximum absolute atomic E-state index is 13.0. The van der Waals surface area contributed by atoms with E-state index in [2.05, 4.69) is 5.10 Å². The fourth-order valence-corrected chi connectivity index (χ4v) is 4.93. The first-order valence-corrected chi connectivity index (χ1v) is 12.3. The Balaban J connectivity index is 1.64. The number of nitrogens with zero attached hydrogens (tertiary/aromatic N) is 2. The summed E-state index contributed by atoms with van der Waals surface area (Å²) in [5.74, 6) is -0.364. The Morgan fingerprint density at radius 2 is 1.57 bits per heavy atom. The largest absolute Gasteiger partial charge is 0.416 e. The molecule has 11 heteroatoms. The molecular formula is C24H19ClF3N3O3S. The second kappa shape index (κ2) is 9.35.